The Morgan fingerprint density at radius 3 is 2.60 bits per heavy atom. The molecule has 4 heteroatoms. The molecule has 3 rings (SSSR count). The largest absolute Gasteiger partial charge is 0.489 e. The minimum atomic E-state index is -0.936. The second-order valence-electron chi connectivity index (χ2n) is 6.63. The van der Waals surface area contributed by atoms with Gasteiger partial charge >= 0.3 is 0 Å². The zero-order valence-corrected chi connectivity index (χ0v) is 14.4. The van der Waals surface area contributed by atoms with Gasteiger partial charge in [-0.25, -0.2) is 0 Å². The van der Waals surface area contributed by atoms with Crippen LogP contribution in [0.1, 0.15) is 37.7 Å². The summed E-state index contributed by atoms with van der Waals surface area (Å²) in [6.45, 7) is 0.475. The number of nitrogens with one attached hydrogen (secondary N) is 1. The maximum Gasteiger partial charge on any atom is 0.253 e. The van der Waals surface area contributed by atoms with E-state index in [1.165, 1.54) is 6.42 Å². The van der Waals surface area contributed by atoms with Crippen LogP contribution in [-0.4, -0.2) is 17.1 Å². The smallest absolute Gasteiger partial charge is 0.253 e. The summed E-state index contributed by atoms with van der Waals surface area (Å²) in [7, 11) is 0. The van der Waals surface area contributed by atoms with Crippen molar-refractivity contribution in [3.05, 3.63) is 60.2 Å². The van der Waals surface area contributed by atoms with Gasteiger partial charge in [-0.05, 0) is 36.5 Å². The lowest BCUT2D eigenvalue weighted by Crippen LogP contribution is -2.35. The van der Waals surface area contributed by atoms with E-state index >= 15 is 0 Å². The number of hydrogen-bond acceptors (Lipinski definition) is 3. The van der Waals surface area contributed by atoms with Crippen molar-refractivity contribution in [2.24, 2.45) is 5.92 Å². The first-order chi connectivity index (χ1) is 12.2. The van der Waals surface area contributed by atoms with Gasteiger partial charge in [0.25, 0.3) is 5.91 Å². The number of aliphatic hydroxyl groups is 1. The molecule has 25 heavy (non-hydrogen) atoms. The molecule has 0 saturated heterocycles. The average molecular weight is 339 g/mol. The first-order valence-electron chi connectivity index (χ1n) is 8.98. The molecule has 0 aromatic heterocycles. The van der Waals surface area contributed by atoms with Crippen molar-refractivity contribution < 1.29 is 14.6 Å². The Hall–Kier alpha value is -2.33. The normalized spacial score (nSPS) is 16.2. The van der Waals surface area contributed by atoms with Crippen molar-refractivity contribution in [3.63, 3.8) is 0 Å². The Labute approximate surface area is 148 Å². The van der Waals surface area contributed by atoms with Gasteiger partial charge in [0.15, 0.2) is 0 Å². The summed E-state index contributed by atoms with van der Waals surface area (Å²) in [4.78, 5) is 12.3. The third-order valence-electron chi connectivity index (χ3n) is 4.71. The zero-order valence-electron chi connectivity index (χ0n) is 14.4. The Kier molecular flexibility index (Phi) is 6.07. The molecule has 2 aromatic rings. The zero-order chi connectivity index (χ0) is 17.5. The fourth-order valence-electron chi connectivity index (χ4n) is 3.28. The summed E-state index contributed by atoms with van der Waals surface area (Å²) in [6.07, 6.45) is 4.31. The Bertz CT molecular complexity index is 681. The molecule has 0 aliphatic heterocycles. The molecule has 1 aliphatic carbocycles. The highest BCUT2D eigenvalue weighted by Gasteiger charge is 2.27. The van der Waals surface area contributed by atoms with Gasteiger partial charge in [-0.3, -0.25) is 4.79 Å². The number of hydrogen-bond donors (Lipinski definition) is 2. The molecule has 1 atom stereocenters. The number of rotatable bonds is 6. The van der Waals surface area contributed by atoms with E-state index in [1.54, 1.807) is 12.1 Å². The Morgan fingerprint density at radius 1 is 1.08 bits per heavy atom. The lowest BCUT2D eigenvalue weighted by molar-refractivity contribution is -0.127. The summed E-state index contributed by atoms with van der Waals surface area (Å²) < 4.78 is 5.78. The van der Waals surface area contributed by atoms with Crippen molar-refractivity contribution in [1.82, 2.24) is 0 Å². The molecule has 0 radical (unpaired) electrons. The van der Waals surface area contributed by atoms with Crippen LogP contribution >= 0.6 is 0 Å². The van der Waals surface area contributed by atoms with Gasteiger partial charge < -0.3 is 15.2 Å². The van der Waals surface area contributed by atoms with Crippen LogP contribution in [0.25, 0.3) is 0 Å². The van der Waals surface area contributed by atoms with Crippen LogP contribution in [0.2, 0.25) is 0 Å². The number of carbonyl (C=O) groups excluding carboxylic acids is 1. The van der Waals surface area contributed by atoms with Crippen LogP contribution in [0.4, 0.5) is 5.69 Å². The van der Waals surface area contributed by atoms with Crippen LogP contribution in [0.15, 0.2) is 54.6 Å². The lowest BCUT2D eigenvalue weighted by atomic mass is 9.85. The molecule has 4 nitrogen and oxygen atoms in total. The number of carbonyl (C=O) groups is 1. The third-order valence-corrected chi connectivity index (χ3v) is 4.71. The molecular formula is C21H25NO3. The minimum Gasteiger partial charge on any atom is -0.489 e. The van der Waals surface area contributed by atoms with Gasteiger partial charge in [-0.15, -0.1) is 0 Å². The summed E-state index contributed by atoms with van der Waals surface area (Å²) in [6, 6.07) is 17.2. The summed E-state index contributed by atoms with van der Waals surface area (Å²) in [5.41, 5.74) is 1.73. The van der Waals surface area contributed by atoms with E-state index in [4.69, 9.17) is 4.74 Å². The quantitative estimate of drug-likeness (QED) is 0.831. The van der Waals surface area contributed by atoms with Crippen molar-refractivity contribution in [1.29, 1.82) is 0 Å². The van der Waals surface area contributed by atoms with Gasteiger partial charge in [0.1, 0.15) is 18.5 Å². The minimum absolute atomic E-state index is 0.0752. The topological polar surface area (TPSA) is 58.6 Å². The van der Waals surface area contributed by atoms with E-state index in [9.17, 15) is 9.90 Å². The molecule has 1 saturated carbocycles. The first kappa shape index (κ1) is 17.5. The van der Waals surface area contributed by atoms with E-state index < -0.39 is 6.10 Å². The fourth-order valence-corrected chi connectivity index (χ4v) is 3.28. The van der Waals surface area contributed by atoms with Crippen LogP contribution in [0.5, 0.6) is 5.75 Å². The lowest BCUT2D eigenvalue weighted by Gasteiger charge is -2.25. The van der Waals surface area contributed by atoms with Crippen molar-refractivity contribution in [2.45, 2.75) is 44.8 Å². The van der Waals surface area contributed by atoms with Gasteiger partial charge in [-0.1, -0.05) is 55.7 Å². The van der Waals surface area contributed by atoms with Crippen LogP contribution < -0.4 is 10.1 Å². The number of anilines is 1. The summed E-state index contributed by atoms with van der Waals surface area (Å²) in [5.74, 6) is 0.437. The van der Waals surface area contributed by atoms with Crippen LogP contribution in [-0.2, 0) is 11.4 Å². The summed E-state index contributed by atoms with van der Waals surface area (Å²) >= 11 is 0. The van der Waals surface area contributed by atoms with E-state index in [0.29, 0.717) is 18.0 Å². The van der Waals surface area contributed by atoms with Gasteiger partial charge in [0.2, 0.25) is 0 Å². The molecule has 1 amide bonds. The first-order valence-corrected chi connectivity index (χ1v) is 8.98. The predicted molar refractivity (Wildman–Crippen MR) is 98.4 cm³/mol. The highest BCUT2D eigenvalue weighted by atomic mass is 16.5. The molecule has 1 unspecified atom stereocenters. The number of ether oxygens (including phenoxy) is 1. The molecule has 2 aromatic carbocycles. The molecule has 2 N–H and O–H groups in total. The van der Waals surface area contributed by atoms with Crippen LogP contribution in [0, 0.1) is 5.92 Å². The average Bonchev–Trinajstić information content (AvgIpc) is 2.67. The number of aliphatic hydroxyl groups excluding tert-OH is 1. The van der Waals surface area contributed by atoms with Crippen molar-refractivity contribution >= 4 is 11.6 Å². The van der Waals surface area contributed by atoms with E-state index in [2.05, 4.69) is 5.32 Å². The molecular weight excluding hydrogens is 314 g/mol. The van der Waals surface area contributed by atoms with E-state index in [-0.39, 0.29) is 11.8 Å². The Balaban J connectivity index is 1.56. The van der Waals surface area contributed by atoms with Gasteiger partial charge in [0, 0.05) is 11.8 Å². The van der Waals surface area contributed by atoms with Crippen molar-refractivity contribution in [3.8, 4) is 5.75 Å². The standard InChI is InChI=1S/C21H25NO3/c23-20(17-10-5-2-6-11-17)21(24)22-18-12-7-13-19(14-18)25-15-16-8-3-1-4-9-16/h1,3-4,7-9,12-14,17,20,23H,2,5-6,10-11,15H2,(H,22,24). The summed E-state index contributed by atoms with van der Waals surface area (Å²) in [5, 5.41) is 13.1. The highest BCUT2D eigenvalue weighted by molar-refractivity contribution is 5.94. The van der Waals surface area contributed by atoms with Crippen molar-refractivity contribution in [2.75, 3.05) is 5.32 Å². The monoisotopic (exact) mass is 339 g/mol. The Morgan fingerprint density at radius 2 is 1.84 bits per heavy atom. The molecule has 0 spiro atoms. The van der Waals surface area contributed by atoms with Gasteiger partial charge in [-0.2, -0.15) is 0 Å². The predicted octanol–water partition coefficient (Wildman–Crippen LogP) is 4.15. The molecule has 0 bridgehead atoms. The SMILES string of the molecule is O=C(Nc1cccc(OCc2ccccc2)c1)C(O)C1CCCCC1. The molecule has 0 heterocycles. The number of amides is 1. The molecule has 1 aliphatic rings. The second kappa shape index (κ2) is 8.67. The molecule has 1 fully saturated rings. The number of benzene rings is 2. The third kappa shape index (κ3) is 5.07. The van der Waals surface area contributed by atoms with E-state index in [0.717, 1.165) is 31.2 Å². The maximum atomic E-state index is 12.3. The van der Waals surface area contributed by atoms with Gasteiger partial charge in [0.05, 0.1) is 0 Å². The molecule has 132 valence electrons. The second-order valence-corrected chi connectivity index (χ2v) is 6.63. The fraction of sp³-hybridized carbons (Fsp3) is 0.381. The maximum absolute atomic E-state index is 12.3. The highest BCUT2D eigenvalue weighted by Crippen LogP contribution is 2.27. The van der Waals surface area contributed by atoms with E-state index in [1.807, 2.05) is 42.5 Å². The van der Waals surface area contributed by atoms with Crippen LogP contribution in [0.3, 0.4) is 0 Å².